The molecule has 1 N–H and O–H groups in total. The number of aromatic nitrogens is 2. The average molecular weight is 359 g/mol. The van der Waals surface area contributed by atoms with Crippen LogP contribution in [-0.4, -0.2) is 53.8 Å². The lowest BCUT2D eigenvalue weighted by Crippen LogP contribution is -2.36. The van der Waals surface area contributed by atoms with Crippen molar-refractivity contribution in [3.8, 4) is 11.9 Å². The number of nitrogens with zero attached hydrogens (tertiary/aromatic N) is 3. The summed E-state index contributed by atoms with van der Waals surface area (Å²) in [5, 5.41) is 11.6. The molecule has 1 aromatic heterocycles. The fourth-order valence-electron chi connectivity index (χ4n) is 5.16. The molecule has 4 atom stereocenters. The molecule has 2 heterocycles. The fourth-order valence-corrected chi connectivity index (χ4v) is 5.16. The second-order valence-electron chi connectivity index (χ2n) is 7.98. The maximum Gasteiger partial charge on any atom is 0.319 e. The smallest absolute Gasteiger partial charge is 0.319 e. The van der Waals surface area contributed by atoms with Gasteiger partial charge in [0.25, 0.3) is 0 Å². The molecule has 1 aliphatic heterocycles. The minimum Gasteiger partial charge on any atom is -0.481 e. The van der Waals surface area contributed by atoms with Crippen LogP contribution in [-0.2, 0) is 5.60 Å². The van der Waals surface area contributed by atoms with Crippen LogP contribution >= 0.6 is 0 Å². The number of hydrogen-bond donors (Lipinski definition) is 1. The zero-order valence-corrected chi connectivity index (χ0v) is 15.7. The second kappa shape index (κ2) is 7.16. The number of fused-ring (bicyclic) bond motifs is 1. The van der Waals surface area contributed by atoms with E-state index in [4.69, 9.17) is 9.47 Å². The Kier molecular flexibility index (Phi) is 4.88. The lowest BCUT2D eigenvalue weighted by Gasteiger charge is -2.32. The van der Waals surface area contributed by atoms with Gasteiger partial charge in [0, 0.05) is 31.7 Å². The number of allylic oxidation sites excluding steroid dienone is 2. The molecule has 4 rings (SSSR count). The lowest BCUT2D eigenvalue weighted by molar-refractivity contribution is -0.00997. The van der Waals surface area contributed by atoms with E-state index in [-0.39, 0.29) is 11.9 Å². The van der Waals surface area contributed by atoms with Gasteiger partial charge in [-0.2, -0.15) is 4.98 Å². The van der Waals surface area contributed by atoms with Crippen LogP contribution in [0.3, 0.4) is 0 Å². The molecule has 1 aromatic rings. The van der Waals surface area contributed by atoms with Crippen LogP contribution in [0.2, 0.25) is 0 Å². The SMILES string of the molecule is COc1ncc([C@]2(O)CC[C@H]3CN(C[C@H]4CC=CCC4)C[C@H]32)c(OC)n1. The van der Waals surface area contributed by atoms with Gasteiger partial charge in [-0.1, -0.05) is 12.2 Å². The van der Waals surface area contributed by atoms with Crippen LogP contribution in [0.5, 0.6) is 11.9 Å². The summed E-state index contributed by atoms with van der Waals surface area (Å²) in [6.07, 6.45) is 11.8. The molecular formula is C20H29N3O3. The highest BCUT2D eigenvalue weighted by atomic mass is 16.5. The Bertz CT molecular complexity index is 680. The Morgan fingerprint density at radius 3 is 2.85 bits per heavy atom. The molecular weight excluding hydrogens is 330 g/mol. The molecule has 142 valence electrons. The van der Waals surface area contributed by atoms with Crippen molar-refractivity contribution >= 4 is 0 Å². The predicted molar refractivity (Wildman–Crippen MR) is 98.2 cm³/mol. The number of methoxy groups -OCH3 is 2. The van der Waals surface area contributed by atoms with Gasteiger partial charge in [-0.05, 0) is 43.9 Å². The Balaban J connectivity index is 1.52. The van der Waals surface area contributed by atoms with Crippen LogP contribution in [0, 0.1) is 17.8 Å². The van der Waals surface area contributed by atoms with Gasteiger partial charge in [-0.15, -0.1) is 0 Å². The standard InChI is InChI=1S/C20H29N3O3/c1-25-18-16(10-21-19(22-18)26-2)20(24)9-8-15-12-23(13-17(15)20)11-14-6-4-3-5-7-14/h3-4,10,14-15,17,24H,5-9,11-13H2,1-2H3/t14-,15-,17+,20+/m0/s1. The first-order valence-electron chi connectivity index (χ1n) is 9.69. The highest BCUT2D eigenvalue weighted by Crippen LogP contribution is 2.52. The lowest BCUT2D eigenvalue weighted by atomic mass is 9.83. The van der Waals surface area contributed by atoms with E-state index in [0.29, 0.717) is 17.4 Å². The quantitative estimate of drug-likeness (QED) is 0.814. The maximum atomic E-state index is 11.6. The van der Waals surface area contributed by atoms with Crippen LogP contribution in [0.1, 0.15) is 37.7 Å². The van der Waals surface area contributed by atoms with Crippen molar-refractivity contribution in [3.63, 3.8) is 0 Å². The predicted octanol–water partition coefficient (Wildman–Crippen LogP) is 2.38. The van der Waals surface area contributed by atoms with Gasteiger partial charge in [0.15, 0.2) is 0 Å². The van der Waals surface area contributed by atoms with Crippen molar-refractivity contribution in [1.82, 2.24) is 14.9 Å². The van der Waals surface area contributed by atoms with Crippen molar-refractivity contribution in [2.75, 3.05) is 33.9 Å². The molecule has 1 saturated heterocycles. The largest absolute Gasteiger partial charge is 0.481 e. The van der Waals surface area contributed by atoms with Gasteiger partial charge >= 0.3 is 6.01 Å². The molecule has 0 spiro atoms. The Morgan fingerprint density at radius 1 is 1.23 bits per heavy atom. The van der Waals surface area contributed by atoms with E-state index in [0.717, 1.165) is 38.4 Å². The minimum atomic E-state index is -0.913. The second-order valence-corrected chi connectivity index (χ2v) is 7.98. The zero-order chi connectivity index (χ0) is 18.1. The first kappa shape index (κ1) is 17.7. The van der Waals surface area contributed by atoms with Crippen LogP contribution in [0.4, 0.5) is 0 Å². The fraction of sp³-hybridized carbons (Fsp3) is 0.700. The Morgan fingerprint density at radius 2 is 2.12 bits per heavy atom. The van der Waals surface area contributed by atoms with Crippen molar-refractivity contribution in [2.45, 2.75) is 37.7 Å². The van der Waals surface area contributed by atoms with Crippen LogP contribution in [0.25, 0.3) is 0 Å². The number of aliphatic hydroxyl groups is 1. The van der Waals surface area contributed by atoms with Crippen LogP contribution in [0.15, 0.2) is 18.3 Å². The molecule has 0 amide bonds. The summed E-state index contributed by atoms with van der Waals surface area (Å²) in [6.45, 7) is 3.17. The number of rotatable bonds is 5. The number of ether oxygens (including phenoxy) is 2. The van der Waals surface area contributed by atoms with Crippen LogP contribution < -0.4 is 9.47 Å². The third-order valence-corrected chi connectivity index (χ3v) is 6.49. The van der Waals surface area contributed by atoms with Gasteiger partial charge in [-0.25, -0.2) is 4.98 Å². The summed E-state index contributed by atoms with van der Waals surface area (Å²) in [7, 11) is 3.11. The summed E-state index contributed by atoms with van der Waals surface area (Å²) in [4.78, 5) is 11.1. The van der Waals surface area contributed by atoms with Gasteiger partial charge in [0.05, 0.1) is 19.8 Å². The van der Waals surface area contributed by atoms with Gasteiger partial charge in [0.1, 0.15) is 5.60 Å². The molecule has 6 nitrogen and oxygen atoms in total. The minimum absolute atomic E-state index is 0.215. The molecule has 0 unspecified atom stereocenters. The summed E-state index contributed by atoms with van der Waals surface area (Å²) in [5.41, 5.74) is -0.209. The van der Waals surface area contributed by atoms with E-state index in [9.17, 15) is 5.11 Å². The van der Waals surface area contributed by atoms with Crippen molar-refractivity contribution < 1.29 is 14.6 Å². The van der Waals surface area contributed by atoms with Crippen molar-refractivity contribution in [1.29, 1.82) is 0 Å². The van der Waals surface area contributed by atoms with Crippen molar-refractivity contribution in [2.24, 2.45) is 17.8 Å². The Labute approximate surface area is 155 Å². The molecule has 1 saturated carbocycles. The number of likely N-dealkylation sites (tertiary alicyclic amines) is 1. The Hall–Kier alpha value is -1.66. The summed E-state index contributed by atoms with van der Waals surface area (Å²) in [5.74, 6) is 1.93. The van der Waals surface area contributed by atoms with E-state index in [2.05, 4.69) is 27.0 Å². The van der Waals surface area contributed by atoms with E-state index in [1.165, 1.54) is 26.4 Å². The van der Waals surface area contributed by atoms with Crippen molar-refractivity contribution in [3.05, 3.63) is 23.9 Å². The average Bonchev–Trinajstić information content (AvgIpc) is 3.22. The van der Waals surface area contributed by atoms with E-state index in [1.807, 2.05) is 0 Å². The third kappa shape index (κ3) is 3.09. The molecule has 2 fully saturated rings. The monoisotopic (exact) mass is 359 g/mol. The highest BCUT2D eigenvalue weighted by Gasteiger charge is 2.54. The molecule has 26 heavy (non-hydrogen) atoms. The first-order valence-corrected chi connectivity index (χ1v) is 9.69. The zero-order valence-electron chi connectivity index (χ0n) is 15.7. The van der Waals surface area contributed by atoms with Gasteiger partial charge in [0.2, 0.25) is 5.88 Å². The topological polar surface area (TPSA) is 67.7 Å². The number of hydrogen-bond acceptors (Lipinski definition) is 6. The molecule has 0 bridgehead atoms. The first-order chi connectivity index (χ1) is 12.6. The third-order valence-electron chi connectivity index (χ3n) is 6.49. The van der Waals surface area contributed by atoms with Gasteiger partial charge < -0.3 is 19.5 Å². The summed E-state index contributed by atoms with van der Waals surface area (Å²) < 4.78 is 10.5. The molecule has 0 aromatic carbocycles. The summed E-state index contributed by atoms with van der Waals surface area (Å²) in [6, 6.07) is 0.266. The molecule has 2 aliphatic carbocycles. The highest BCUT2D eigenvalue weighted by molar-refractivity contribution is 5.34. The van der Waals surface area contributed by atoms with E-state index >= 15 is 0 Å². The molecule has 6 heteroatoms. The summed E-state index contributed by atoms with van der Waals surface area (Å²) >= 11 is 0. The van der Waals surface area contributed by atoms with E-state index < -0.39 is 5.60 Å². The molecule has 0 radical (unpaired) electrons. The van der Waals surface area contributed by atoms with Gasteiger partial charge in [-0.3, -0.25) is 0 Å². The maximum absolute atomic E-state index is 11.6. The molecule has 3 aliphatic rings. The normalized spacial score (nSPS) is 34.0. The van der Waals surface area contributed by atoms with E-state index in [1.54, 1.807) is 13.3 Å².